The standard InChI is InChI=1S/C18H15BrFN3O2S/c1-9(17(24)25)11-3-6-23-13-8-10(20)7-12(19)14(13)16(15(11)23)26-18-21-4-2-5-22-18/h2,4-5,7-9,11H,3,6H2,1H3,(H,24,25). The number of aryl methyl sites for hydroxylation is 1. The van der Waals surface area contributed by atoms with Crippen LogP contribution in [0.1, 0.15) is 25.0 Å². The summed E-state index contributed by atoms with van der Waals surface area (Å²) in [6, 6.07) is 4.68. The fourth-order valence-corrected chi connectivity index (χ4v) is 5.43. The number of carbonyl (C=O) groups is 1. The van der Waals surface area contributed by atoms with E-state index in [4.69, 9.17) is 0 Å². The molecule has 0 amide bonds. The van der Waals surface area contributed by atoms with E-state index in [1.165, 1.54) is 23.9 Å². The highest BCUT2D eigenvalue weighted by Crippen LogP contribution is 2.49. The Labute approximate surface area is 161 Å². The molecule has 4 rings (SSSR count). The molecule has 0 aliphatic carbocycles. The van der Waals surface area contributed by atoms with Gasteiger partial charge in [0.05, 0.1) is 11.4 Å². The van der Waals surface area contributed by atoms with E-state index in [2.05, 4.69) is 25.9 Å². The number of nitrogens with zero attached hydrogens (tertiary/aromatic N) is 3. The maximum Gasteiger partial charge on any atom is 0.306 e. The SMILES string of the molecule is CC(C(=O)O)C1CCn2c1c(Sc1ncccn1)c1c(Br)cc(F)cc12. The van der Waals surface area contributed by atoms with Crippen molar-refractivity contribution in [2.75, 3.05) is 0 Å². The molecule has 0 radical (unpaired) electrons. The number of benzene rings is 1. The first-order valence-electron chi connectivity index (χ1n) is 8.16. The van der Waals surface area contributed by atoms with Crippen LogP contribution in [0.5, 0.6) is 0 Å². The minimum atomic E-state index is -0.828. The van der Waals surface area contributed by atoms with Crippen molar-refractivity contribution in [1.29, 1.82) is 0 Å². The number of carboxylic acids is 1. The second-order valence-electron chi connectivity index (χ2n) is 6.30. The van der Waals surface area contributed by atoms with E-state index in [9.17, 15) is 14.3 Å². The number of halogens is 2. The first kappa shape index (κ1) is 17.5. The van der Waals surface area contributed by atoms with Gasteiger partial charge in [0.1, 0.15) is 5.82 Å². The number of hydrogen-bond acceptors (Lipinski definition) is 4. The molecule has 2 unspecified atom stereocenters. The van der Waals surface area contributed by atoms with Crippen LogP contribution < -0.4 is 0 Å². The Hall–Kier alpha value is -1.93. The van der Waals surface area contributed by atoms with Gasteiger partial charge in [-0.15, -0.1) is 0 Å². The molecule has 2 aromatic heterocycles. The third kappa shape index (κ3) is 2.81. The van der Waals surface area contributed by atoms with Gasteiger partial charge in [-0.25, -0.2) is 14.4 Å². The first-order valence-corrected chi connectivity index (χ1v) is 9.77. The summed E-state index contributed by atoms with van der Waals surface area (Å²) in [5.74, 6) is -1.82. The highest BCUT2D eigenvalue weighted by atomic mass is 79.9. The van der Waals surface area contributed by atoms with Crippen molar-refractivity contribution in [3.05, 3.63) is 46.6 Å². The second kappa shape index (κ2) is 6.66. The van der Waals surface area contributed by atoms with Crippen LogP contribution in [0.4, 0.5) is 4.39 Å². The molecule has 5 nitrogen and oxygen atoms in total. The van der Waals surface area contributed by atoms with Crippen molar-refractivity contribution in [3.8, 4) is 0 Å². The van der Waals surface area contributed by atoms with Crippen LogP contribution in [0.15, 0.2) is 45.1 Å². The molecule has 3 heterocycles. The van der Waals surface area contributed by atoms with Crippen molar-refractivity contribution < 1.29 is 14.3 Å². The highest BCUT2D eigenvalue weighted by molar-refractivity contribution is 9.10. The third-order valence-electron chi connectivity index (χ3n) is 4.82. The monoisotopic (exact) mass is 435 g/mol. The van der Waals surface area contributed by atoms with Crippen molar-refractivity contribution in [2.24, 2.45) is 5.92 Å². The first-order chi connectivity index (χ1) is 12.5. The quantitative estimate of drug-likeness (QED) is 0.601. The van der Waals surface area contributed by atoms with Gasteiger partial charge in [0.15, 0.2) is 5.16 Å². The molecule has 0 bridgehead atoms. The molecule has 134 valence electrons. The summed E-state index contributed by atoms with van der Waals surface area (Å²) in [6.07, 6.45) is 4.05. The summed E-state index contributed by atoms with van der Waals surface area (Å²) in [6.45, 7) is 2.39. The molecule has 1 aromatic carbocycles. The summed E-state index contributed by atoms with van der Waals surface area (Å²) in [5.41, 5.74) is 1.70. The van der Waals surface area contributed by atoms with E-state index in [0.29, 0.717) is 16.2 Å². The lowest BCUT2D eigenvalue weighted by Crippen LogP contribution is -2.17. The van der Waals surface area contributed by atoms with Gasteiger partial charge in [0.2, 0.25) is 0 Å². The topological polar surface area (TPSA) is 68.0 Å². The molecule has 1 aliphatic heterocycles. The fourth-order valence-electron chi connectivity index (χ4n) is 3.58. The van der Waals surface area contributed by atoms with E-state index < -0.39 is 11.9 Å². The third-order valence-corrected chi connectivity index (χ3v) is 6.46. The fraction of sp³-hybridized carbons (Fsp3) is 0.278. The Balaban J connectivity index is 1.96. The van der Waals surface area contributed by atoms with Crippen LogP contribution in [0.3, 0.4) is 0 Å². The van der Waals surface area contributed by atoms with Gasteiger partial charge < -0.3 is 9.67 Å². The van der Waals surface area contributed by atoms with E-state index in [-0.39, 0.29) is 11.7 Å². The number of aromatic nitrogens is 3. The van der Waals surface area contributed by atoms with Gasteiger partial charge in [-0.3, -0.25) is 4.79 Å². The molecule has 0 fully saturated rings. The smallest absolute Gasteiger partial charge is 0.306 e. The van der Waals surface area contributed by atoms with E-state index in [0.717, 1.165) is 27.9 Å². The van der Waals surface area contributed by atoms with Gasteiger partial charge in [-0.2, -0.15) is 0 Å². The lowest BCUT2D eigenvalue weighted by atomic mass is 9.90. The molecule has 8 heteroatoms. The minimum absolute atomic E-state index is 0.138. The predicted octanol–water partition coefficient (Wildman–Crippen LogP) is 4.69. The highest BCUT2D eigenvalue weighted by Gasteiger charge is 2.37. The zero-order valence-electron chi connectivity index (χ0n) is 13.8. The number of rotatable bonds is 4. The van der Waals surface area contributed by atoms with E-state index >= 15 is 0 Å². The summed E-state index contributed by atoms with van der Waals surface area (Å²) in [4.78, 5) is 21.0. The van der Waals surface area contributed by atoms with E-state index in [1.54, 1.807) is 25.4 Å². The van der Waals surface area contributed by atoms with Crippen LogP contribution in [0, 0.1) is 11.7 Å². The lowest BCUT2D eigenvalue weighted by Gasteiger charge is -2.16. The van der Waals surface area contributed by atoms with Gasteiger partial charge in [0, 0.05) is 45.3 Å². The summed E-state index contributed by atoms with van der Waals surface area (Å²) in [7, 11) is 0. The molecule has 0 saturated carbocycles. The minimum Gasteiger partial charge on any atom is -0.481 e. The largest absolute Gasteiger partial charge is 0.481 e. The predicted molar refractivity (Wildman–Crippen MR) is 99.9 cm³/mol. The van der Waals surface area contributed by atoms with Gasteiger partial charge >= 0.3 is 5.97 Å². The number of carboxylic acid groups (broad SMARTS) is 1. The number of aliphatic carboxylic acids is 1. The number of fused-ring (bicyclic) bond motifs is 3. The summed E-state index contributed by atoms with van der Waals surface area (Å²) >= 11 is 4.87. The Morgan fingerprint density at radius 2 is 2.15 bits per heavy atom. The maximum atomic E-state index is 14.0. The van der Waals surface area contributed by atoms with E-state index in [1.807, 2.05) is 4.57 Å². The van der Waals surface area contributed by atoms with Crippen molar-refractivity contribution in [2.45, 2.75) is 35.9 Å². The zero-order chi connectivity index (χ0) is 18.4. The van der Waals surface area contributed by atoms with Crippen LogP contribution in [-0.2, 0) is 11.3 Å². The molecule has 1 N–H and O–H groups in total. The van der Waals surface area contributed by atoms with Crippen LogP contribution in [0.2, 0.25) is 0 Å². The Kier molecular flexibility index (Phi) is 4.48. The summed E-state index contributed by atoms with van der Waals surface area (Å²) < 4.78 is 16.7. The zero-order valence-corrected chi connectivity index (χ0v) is 16.2. The Bertz CT molecular complexity index is 1010. The van der Waals surface area contributed by atoms with Gasteiger partial charge in [0.25, 0.3) is 0 Å². The molecule has 0 spiro atoms. The summed E-state index contributed by atoms with van der Waals surface area (Å²) in [5, 5.41) is 11.0. The molecule has 2 atom stereocenters. The van der Waals surface area contributed by atoms with Gasteiger partial charge in [-0.05, 0) is 52.3 Å². The van der Waals surface area contributed by atoms with Crippen molar-refractivity contribution in [1.82, 2.24) is 14.5 Å². The number of hydrogen-bond donors (Lipinski definition) is 1. The van der Waals surface area contributed by atoms with Crippen LogP contribution in [-0.4, -0.2) is 25.6 Å². The second-order valence-corrected chi connectivity index (χ2v) is 8.14. The molecule has 26 heavy (non-hydrogen) atoms. The van der Waals surface area contributed by atoms with Gasteiger partial charge in [-0.1, -0.05) is 6.92 Å². The Morgan fingerprint density at radius 3 is 2.85 bits per heavy atom. The van der Waals surface area contributed by atoms with Crippen molar-refractivity contribution in [3.63, 3.8) is 0 Å². The average molecular weight is 436 g/mol. The van der Waals surface area contributed by atoms with Crippen molar-refractivity contribution >= 4 is 44.6 Å². The molecular weight excluding hydrogens is 421 g/mol. The maximum absolute atomic E-state index is 14.0. The molecular formula is C18H15BrFN3O2S. The van der Waals surface area contributed by atoms with Crippen LogP contribution >= 0.6 is 27.7 Å². The van der Waals surface area contributed by atoms with Crippen LogP contribution in [0.25, 0.3) is 10.9 Å². The molecule has 3 aromatic rings. The lowest BCUT2D eigenvalue weighted by molar-refractivity contribution is -0.141. The molecule has 0 saturated heterocycles. The Morgan fingerprint density at radius 1 is 1.42 bits per heavy atom. The average Bonchev–Trinajstić information content (AvgIpc) is 3.15. The normalized spacial score (nSPS) is 17.4. The molecule has 1 aliphatic rings.